The van der Waals surface area contributed by atoms with Crippen molar-refractivity contribution in [3.8, 4) is 0 Å². The maximum absolute atomic E-state index is 13.6. The number of carbonyl (C=O) groups is 2. The van der Waals surface area contributed by atoms with E-state index in [1.807, 2.05) is 31.2 Å². The second-order valence-electron chi connectivity index (χ2n) is 8.78. The van der Waals surface area contributed by atoms with Crippen LogP contribution < -0.4 is 4.90 Å². The lowest BCUT2D eigenvalue weighted by molar-refractivity contribution is -0.132. The number of fused-ring (bicyclic) bond motifs is 2. The number of aromatic nitrogens is 3. The fourth-order valence-corrected chi connectivity index (χ4v) is 6.07. The molecule has 1 fully saturated rings. The van der Waals surface area contributed by atoms with E-state index in [2.05, 4.69) is 9.97 Å². The first-order valence-corrected chi connectivity index (χ1v) is 12.9. The third-order valence-corrected chi connectivity index (χ3v) is 8.13. The summed E-state index contributed by atoms with van der Waals surface area (Å²) in [5, 5.41) is 12.5. The summed E-state index contributed by atoms with van der Waals surface area (Å²) in [7, 11) is 0. The second kappa shape index (κ2) is 8.69. The molecule has 1 aliphatic heterocycles. The first-order valence-electron chi connectivity index (χ1n) is 11.3. The van der Waals surface area contributed by atoms with E-state index in [1.54, 1.807) is 47.9 Å². The summed E-state index contributed by atoms with van der Waals surface area (Å²) in [6, 6.07) is 15.1. The lowest BCUT2D eigenvalue weighted by Gasteiger charge is -2.23. The van der Waals surface area contributed by atoms with Crippen LogP contribution in [0.15, 0.2) is 66.4 Å². The molecule has 6 rings (SSSR count). The number of nitrogens with zero attached hydrogens (tertiary/aromatic N) is 4. The number of benzene rings is 2. The lowest BCUT2D eigenvalue weighted by Crippen LogP contribution is -2.29. The van der Waals surface area contributed by atoms with Gasteiger partial charge in [0.15, 0.2) is 10.9 Å². The minimum Gasteiger partial charge on any atom is -0.505 e. The molecule has 1 unspecified atom stereocenters. The molecule has 0 saturated carbocycles. The van der Waals surface area contributed by atoms with Crippen molar-refractivity contribution in [3.05, 3.63) is 98.9 Å². The quantitative estimate of drug-likeness (QED) is 0.158. The van der Waals surface area contributed by atoms with Crippen LogP contribution in [0.3, 0.4) is 0 Å². The van der Waals surface area contributed by atoms with Crippen LogP contribution >= 0.6 is 34.5 Å². The summed E-state index contributed by atoms with van der Waals surface area (Å²) in [6.07, 6.45) is 1.74. The Kier molecular flexibility index (Phi) is 5.56. The number of aliphatic hydroxyl groups is 1. The summed E-state index contributed by atoms with van der Waals surface area (Å²) < 4.78 is 2.56. The number of halogens is 2. The number of rotatable bonds is 3. The van der Waals surface area contributed by atoms with E-state index in [0.29, 0.717) is 38.3 Å². The number of amides is 1. The maximum Gasteiger partial charge on any atom is 0.301 e. The molecule has 1 saturated heterocycles. The Labute approximate surface area is 225 Å². The highest BCUT2D eigenvalue weighted by molar-refractivity contribution is 7.22. The Morgan fingerprint density at radius 2 is 1.81 bits per heavy atom. The molecule has 1 amide bonds. The number of aliphatic hydroxyl groups excluding tert-OH is 1. The number of carbonyl (C=O) groups excluding carboxylic acids is 2. The second-order valence-corrected chi connectivity index (χ2v) is 10.6. The van der Waals surface area contributed by atoms with Gasteiger partial charge in [-0.15, -0.1) is 0 Å². The largest absolute Gasteiger partial charge is 0.505 e. The van der Waals surface area contributed by atoms with Crippen molar-refractivity contribution in [2.75, 3.05) is 4.90 Å². The van der Waals surface area contributed by atoms with E-state index in [1.165, 1.54) is 16.2 Å². The van der Waals surface area contributed by atoms with Gasteiger partial charge in [0.2, 0.25) is 0 Å². The average Bonchev–Trinajstić information content (AvgIpc) is 3.51. The Hall–Kier alpha value is -3.72. The Balaban J connectivity index is 1.62. The van der Waals surface area contributed by atoms with E-state index < -0.39 is 17.7 Å². The van der Waals surface area contributed by atoms with E-state index >= 15 is 0 Å². The highest BCUT2D eigenvalue weighted by atomic mass is 35.5. The summed E-state index contributed by atoms with van der Waals surface area (Å²) in [5.41, 5.74) is 3.64. The van der Waals surface area contributed by atoms with Crippen LogP contribution in [0.4, 0.5) is 5.13 Å². The summed E-state index contributed by atoms with van der Waals surface area (Å²) in [6.45, 7) is 3.71. The molecule has 5 aromatic rings. The first-order chi connectivity index (χ1) is 17.7. The first kappa shape index (κ1) is 23.7. The number of Topliss-reactive ketones (excluding diaryl/α,β-unsaturated/α-hetero) is 1. The number of ketones is 1. The number of hydrogen-bond acceptors (Lipinski definition) is 6. The van der Waals surface area contributed by atoms with Crippen LogP contribution in [0.25, 0.3) is 21.6 Å². The van der Waals surface area contributed by atoms with Gasteiger partial charge in [-0.3, -0.25) is 18.9 Å². The van der Waals surface area contributed by atoms with Gasteiger partial charge < -0.3 is 5.11 Å². The number of pyridine rings is 1. The SMILES string of the molecule is Cc1ccc2nc(N3C(=O)C(=O)/C(=C(/O)c4c(C)nc5ccccn45)C3c3ccc(Cl)c(Cl)c3)sc2c1. The molecule has 4 heterocycles. The maximum atomic E-state index is 13.6. The number of aryl methyl sites for hydroxylation is 2. The zero-order valence-electron chi connectivity index (χ0n) is 19.6. The van der Waals surface area contributed by atoms with Crippen LogP contribution in [0, 0.1) is 13.8 Å². The Bertz CT molecular complexity index is 1810. The third-order valence-electron chi connectivity index (χ3n) is 6.37. The van der Waals surface area contributed by atoms with E-state index in [9.17, 15) is 14.7 Å². The van der Waals surface area contributed by atoms with Gasteiger partial charge in [-0.2, -0.15) is 0 Å². The van der Waals surface area contributed by atoms with Gasteiger partial charge in [0.05, 0.1) is 37.6 Å². The normalized spacial score (nSPS) is 17.4. The fourth-order valence-electron chi connectivity index (χ4n) is 4.68. The fraction of sp³-hybridized carbons (Fsp3) is 0.111. The lowest BCUT2D eigenvalue weighted by atomic mass is 9.96. The minimum absolute atomic E-state index is 0.0763. The van der Waals surface area contributed by atoms with Crippen LogP contribution in [0.1, 0.15) is 28.6 Å². The predicted octanol–water partition coefficient (Wildman–Crippen LogP) is 6.49. The molecule has 3 aromatic heterocycles. The van der Waals surface area contributed by atoms with Gasteiger partial charge in [0, 0.05) is 6.20 Å². The molecule has 0 spiro atoms. The molecular formula is C27H18Cl2N4O3S. The number of anilines is 1. The number of hydrogen-bond donors (Lipinski definition) is 1. The van der Waals surface area contributed by atoms with Crippen molar-refractivity contribution in [1.82, 2.24) is 14.4 Å². The van der Waals surface area contributed by atoms with Crippen molar-refractivity contribution < 1.29 is 14.7 Å². The molecule has 37 heavy (non-hydrogen) atoms. The number of imidazole rings is 1. The average molecular weight is 549 g/mol. The standard InChI is InChI=1S/C27H18Cl2N4O3S/c1-13-6-9-18-19(11-13)37-27(31-18)33-23(15-7-8-16(28)17(29)12-15)21(25(35)26(33)36)24(34)22-14(2)30-20-5-3-4-10-32(20)22/h3-12,23,34H,1-2H3/b24-21+. The van der Waals surface area contributed by atoms with Gasteiger partial charge in [-0.1, -0.05) is 52.7 Å². The van der Waals surface area contributed by atoms with Crippen LogP contribution in [-0.2, 0) is 9.59 Å². The Morgan fingerprint density at radius 1 is 1.00 bits per heavy atom. The van der Waals surface area contributed by atoms with Crippen molar-refractivity contribution in [2.24, 2.45) is 0 Å². The van der Waals surface area contributed by atoms with Crippen LogP contribution in [0.5, 0.6) is 0 Å². The van der Waals surface area contributed by atoms with Gasteiger partial charge >= 0.3 is 5.91 Å². The molecule has 2 aromatic carbocycles. The zero-order chi connectivity index (χ0) is 26.0. The van der Waals surface area contributed by atoms with Gasteiger partial charge in [-0.05, 0) is 61.4 Å². The highest BCUT2D eigenvalue weighted by Crippen LogP contribution is 2.45. The number of thiazole rings is 1. The van der Waals surface area contributed by atoms with E-state index in [0.717, 1.165) is 10.3 Å². The third kappa shape index (κ3) is 3.71. The summed E-state index contributed by atoms with van der Waals surface area (Å²) in [5.74, 6) is -1.95. The molecule has 10 heteroatoms. The van der Waals surface area contributed by atoms with Crippen LogP contribution in [-0.4, -0.2) is 31.2 Å². The van der Waals surface area contributed by atoms with Gasteiger partial charge in [0.25, 0.3) is 5.78 Å². The molecule has 1 atom stereocenters. The monoisotopic (exact) mass is 548 g/mol. The topological polar surface area (TPSA) is 87.8 Å². The molecule has 0 bridgehead atoms. The van der Waals surface area contributed by atoms with Crippen molar-refractivity contribution >= 4 is 73.0 Å². The van der Waals surface area contributed by atoms with Crippen molar-refractivity contribution in [1.29, 1.82) is 0 Å². The zero-order valence-corrected chi connectivity index (χ0v) is 21.9. The van der Waals surface area contributed by atoms with Gasteiger partial charge in [-0.25, -0.2) is 9.97 Å². The minimum atomic E-state index is -0.981. The Morgan fingerprint density at radius 3 is 2.59 bits per heavy atom. The smallest absolute Gasteiger partial charge is 0.301 e. The molecule has 1 aliphatic rings. The van der Waals surface area contributed by atoms with Crippen molar-refractivity contribution in [2.45, 2.75) is 19.9 Å². The molecule has 7 nitrogen and oxygen atoms in total. The van der Waals surface area contributed by atoms with Gasteiger partial charge in [0.1, 0.15) is 11.3 Å². The molecule has 0 radical (unpaired) electrons. The molecule has 1 N–H and O–H groups in total. The summed E-state index contributed by atoms with van der Waals surface area (Å²) in [4.78, 5) is 37.6. The molecule has 0 aliphatic carbocycles. The highest BCUT2D eigenvalue weighted by Gasteiger charge is 2.48. The van der Waals surface area contributed by atoms with E-state index in [4.69, 9.17) is 23.2 Å². The predicted molar refractivity (Wildman–Crippen MR) is 146 cm³/mol. The molecular weight excluding hydrogens is 531 g/mol. The van der Waals surface area contributed by atoms with E-state index in [-0.39, 0.29) is 16.4 Å². The van der Waals surface area contributed by atoms with Crippen molar-refractivity contribution in [3.63, 3.8) is 0 Å². The van der Waals surface area contributed by atoms with Crippen LogP contribution in [0.2, 0.25) is 10.0 Å². The molecule has 184 valence electrons. The summed E-state index contributed by atoms with van der Waals surface area (Å²) >= 11 is 13.8.